The van der Waals surface area contributed by atoms with Crippen LogP contribution in [0, 0.1) is 0 Å². The van der Waals surface area contributed by atoms with E-state index < -0.39 is 5.97 Å². The summed E-state index contributed by atoms with van der Waals surface area (Å²) >= 11 is 12.0. The van der Waals surface area contributed by atoms with E-state index in [4.69, 9.17) is 32.7 Å². The van der Waals surface area contributed by atoms with Crippen LogP contribution in [0.15, 0.2) is 65.1 Å². The number of amides is 1. The van der Waals surface area contributed by atoms with Gasteiger partial charge in [-0.1, -0.05) is 23.2 Å². The summed E-state index contributed by atoms with van der Waals surface area (Å²) in [5, 5.41) is 12.5. The molecule has 0 fully saturated rings. The van der Waals surface area contributed by atoms with Crippen LogP contribution in [0.25, 0.3) is 17.4 Å². The number of benzene rings is 2. The maximum atomic E-state index is 12.0. The summed E-state index contributed by atoms with van der Waals surface area (Å²) in [5.41, 5.74) is 1.37. The lowest BCUT2D eigenvalue weighted by Crippen LogP contribution is -2.07. The molecule has 0 saturated heterocycles. The van der Waals surface area contributed by atoms with Gasteiger partial charge < -0.3 is 14.8 Å². The van der Waals surface area contributed by atoms with Gasteiger partial charge in [0.2, 0.25) is 5.91 Å². The average Bonchev–Trinajstić information content (AvgIpc) is 3.09. The highest BCUT2D eigenvalue weighted by atomic mass is 35.5. The lowest BCUT2D eigenvalue weighted by Gasteiger charge is -2.02. The molecule has 0 unspecified atom stereocenters. The number of aromatic carboxylic acids is 1. The van der Waals surface area contributed by atoms with E-state index in [2.05, 4.69) is 5.32 Å². The Balaban J connectivity index is 1.66. The monoisotopic (exact) mass is 401 g/mol. The number of carbonyl (C=O) groups excluding carboxylic acids is 1. The third-order valence-corrected chi connectivity index (χ3v) is 4.01. The molecule has 5 nitrogen and oxygen atoms in total. The van der Waals surface area contributed by atoms with E-state index in [9.17, 15) is 9.59 Å². The molecule has 136 valence electrons. The van der Waals surface area contributed by atoms with Gasteiger partial charge in [-0.25, -0.2) is 4.79 Å². The summed E-state index contributed by atoms with van der Waals surface area (Å²) in [7, 11) is 0. The quantitative estimate of drug-likeness (QED) is 0.544. The Labute approximate surface area is 164 Å². The first-order valence-electron chi connectivity index (χ1n) is 7.79. The molecule has 1 aromatic heterocycles. The van der Waals surface area contributed by atoms with Crippen molar-refractivity contribution in [3.63, 3.8) is 0 Å². The predicted molar refractivity (Wildman–Crippen MR) is 105 cm³/mol. The second kappa shape index (κ2) is 8.12. The van der Waals surface area contributed by atoms with Crippen molar-refractivity contribution < 1.29 is 19.1 Å². The highest BCUT2D eigenvalue weighted by Gasteiger charge is 2.07. The van der Waals surface area contributed by atoms with E-state index in [-0.39, 0.29) is 11.5 Å². The number of nitrogens with one attached hydrogen (secondary N) is 1. The van der Waals surface area contributed by atoms with Crippen LogP contribution < -0.4 is 5.32 Å². The molecule has 7 heteroatoms. The number of carboxylic acids is 1. The van der Waals surface area contributed by atoms with Gasteiger partial charge >= 0.3 is 5.97 Å². The number of rotatable bonds is 5. The lowest BCUT2D eigenvalue weighted by molar-refractivity contribution is -0.111. The summed E-state index contributed by atoms with van der Waals surface area (Å²) in [4.78, 5) is 22.8. The van der Waals surface area contributed by atoms with Crippen LogP contribution in [0.5, 0.6) is 0 Å². The molecule has 0 saturated carbocycles. The van der Waals surface area contributed by atoms with Gasteiger partial charge in [-0.2, -0.15) is 0 Å². The average molecular weight is 402 g/mol. The van der Waals surface area contributed by atoms with Crippen molar-refractivity contribution >= 4 is 46.8 Å². The van der Waals surface area contributed by atoms with Crippen LogP contribution in [0.1, 0.15) is 16.1 Å². The number of carboxylic acid groups (broad SMARTS) is 1. The largest absolute Gasteiger partial charge is 0.478 e. The molecule has 0 aliphatic rings. The first-order valence-corrected chi connectivity index (χ1v) is 8.55. The molecule has 0 atom stereocenters. The Morgan fingerprint density at radius 2 is 1.63 bits per heavy atom. The van der Waals surface area contributed by atoms with E-state index in [1.54, 1.807) is 30.3 Å². The molecule has 1 amide bonds. The van der Waals surface area contributed by atoms with Gasteiger partial charge in [-0.05, 0) is 60.7 Å². The van der Waals surface area contributed by atoms with Crippen molar-refractivity contribution in [3.05, 3.63) is 82.0 Å². The van der Waals surface area contributed by atoms with Crippen LogP contribution in [0.2, 0.25) is 10.0 Å². The summed E-state index contributed by atoms with van der Waals surface area (Å²) in [6.45, 7) is 0. The third-order valence-electron chi connectivity index (χ3n) is 3.57. The second-order valence-corrected chi connectivity index (χ2v) is 6.44. The first-order chi connectivity index (χ1) is 12.9. The standard InChI is InChI=1S/C20H13Cl2NO4/c21-14-9-13(10-15(22)11-14)18-7-5-17(27-18)6-8-19(24)23-16-3-1-12(2-4-16)20(25)26/h1-11H,(H,23,24)(H,25,26)/b8-6+. The minimum Gasteiger partial charge on any atom is -0.478 e. The molecule has 3 aromatic rings. The maximum Gasteiger partial charge on any atom is 0.335 e. The summed E-state index contributed by atoms with van der Waals surface area (Å²) in [6, 6.07) is 14.4. The summed E-state index contributed by atoms with van der Waals surface area (Å²) in [6.07, 6.45) is 2.84. The van der Waals surface area contributed by atoms with E-state index in [1.807, 2.05) is 0 Å². The first kappa shape index (κ1) is 18.8. The van der Waals surface area contributed by atoms with Gasteiger partial charge in [0, 0.05) is 27.4 Å². The topological polar surface area (TPSA) is 79.5 Å². The van der Waals surface area contributed by atoms with Gasteiger partial charge in [0.1, 0.15) is 11.5 Å². The van der Waals surface area contributed by atoms with Crippen molar-refractivity contribution in [2.75, 3.05) is 5.32 Å². The molecule has 3 rings (SSSR count). The molecule has 2 N–H and O–H groups in total. The summed E-state index contributed by atoms with van der Waals surface area (Å²) in [5.74, 6) is -0.342. The minimum atomic E-state index is -1.03. The van der Waals surface area contributed by atoms with E-state index >= 15 is 0 Å². The SMILES string of the molecule is O=C(/C=C/c1ccc(-c2cc(Cl)cc(Cl)c2)o1)Nc1ccc(C(=O)O)cc1. The number of halogens is 2. The zero-order valence-corrected chi connectivity index (χ0v) is 15.3. The van der Waals surface area contributed by atoms with E-state index in [1.165, 1.54) is 36.4 Å². The Bertz CT molecular complexity index is 1000. The second-order valence-electron chi connectivity index (χ2n) is 5.57. The van der Waals surface area contributed by atoms with Gasteiger partial charge in [0.25, 0.3) is 0 Å². The lowest BCUT2D eigenvalue weighted by atomic mass is 10.2. The van der Waals surface area contributed by atoms with Crippen LogP contribution in [0.3, 0.4) is 0 Å². The Morgan fingerprint density at radius 3 is 2.26 bits per heavy atom. The van der Waals surface area contributed by atoms with Crippen molar-refractivity contribution in [3.8, 4) is 11.3 Å². The molecule has 0 bridgehead atoms. The Kier molecular flexibility index (Phi) is 5.64. The minimum absolute atomic E-state index is 0.146. The van der Waals surface area contributed by atoms with Crippen molar-refractivity contribution in [2.45, 2.75) is 0 Å². The zero-order valence-electron chi connectivity index (χ0n) is 13.8. The van der Waals surface area contributed by atoms with Crippen LogP contribution in [0.4, 0.5) is 5.69 Å². The van der Waals surface area contributed by atoms with Gasteiger partial charge in [0.15, 0.2) is 0 Å². The fourth-order valence-electron chi connectivity index (χ4n) is 2.33. The number of hydrogen-bond acceptors (Lipinski definition) is 3. The van der Waals surface area contributed by atoms with Crippen LogP contribution in [-0.2, 0) is 4.79 Å². The molecular weight excluding hydrogens is 389 g/mol. The maximum absolute atomic E-state index is 12.0. The van der Waals surface area contributed by atoms with Gasteiger partial charge in [-0.3, -0.25) is 4.79 Å². The number of anilines is 1. The molecule has 0 spiro atoms. The number of furan rings is 1. The fraction of sp³-hybridized carbons (Fsp3) is 0. The highest BCUT2D eigenvalue weighted by molar-refractivity contribution is 6.35. The van der Waals surface area contributed by atoms with Crippen LogP contribution in [-0.4, -0.2) is 17.0 Å². The van der Waals surface area contributed by atoms with Gasteiger partial charge in [-0.15, -0.1) is 0 Å². The van der Waals surface area contributed by atoms with Crippen LogP contribution >= 0.6 is 23.2 Å². The Morgan fingerprint density at radius 1 is 0.963 bits per heavy atom. The molecule has 27 heavy (non-hydrogen) atoms. The third kappa shape index (κ3) is 5.00. The zero-order chi connectivity index (χ0) is 19.4. The highest BCUT2D eigenvalue weighted by Crippen LogP contribution is 2.28. The molecule has 2 aromatic carbocycles. The number of carbonyl (C=O) groups is 2. The molecule has 0 radical (unpaired) electrons. The van der Waals surface area contributed by atoms with E-state index in [0.29, 0.717) is 27.3 Å². The molecular formula is C20H13Cl2NO4. The van der Waals surface area contributed by atoms with Crippen molar-refractivity contribution in [2.24, 2.45) is 0 Å². The van der Waals surface area contributed by atoms with Gasteiger partial charge in [0.05, 0.1) is 5.56 Å². The van der Waals surface area contributed by atoms with E-state index in [0.717, 1.165) is 5.56 Å². The molecule has 0 aliphatic heterocycles. The molecule has 0 aliphatic carbocycles. The number of hydrogen-bond donors (Lipinski definition) is 2. The predicted octanol–water partition coefficient (Wildman–Crippen LogP) is 5.60. The summed E-state index contributed by atoms with van der Waals surface area (Å²) < 4.78 is 5.67. The normalized spacial score (nSPS) is 10.9. The smallest absolute Gasteiger partial charge is 0.335 e. The Hall–Kier alpha value is -3.02. The van der Waals surface area contributed by atoms with Crippen molar-refractivity contribution in [1.29, 1.82) is 0 Å². The van der Waals surface area contributed by atoms with Crippen molar-refractivity contribution in [1.82, 2.24) is 0 Å². The molecule has 1 heterocycles. The fourth-order valence-corrected chi connectivity index (χ4v) is 2.86.